The lowest BCUT2D eigenvalue weighted by Gasteiger charge is -2.07. The van der Waals surface area contributed by atoms with E-state index in [2.05, 4.69) is 5.32 Å². The van der Waals surface area contributed by atoms with Gasteiger partial charge in [0, 0.05) is 6.54 Å². The molecule has 2 N–H and O–H groups in total. The molecule has 0 radical (unpaired) electrons. The van der Waals surface area contributed by atoms with Crippen LogP contribution in [0.1, 0.15) is 0 Å². The molecule has 0 aromatic carbocycles. The van der Waals surface area contributed by atoms with Gasteiger partial charge in [-0.1, -0.05) is 0 Å². The van der Waals surface area contributed by atoms with Crippen LogP contribution in [0.3, 0.4) is 0 Å². The molecule has 0 aliphatic heterocycles. The van der Waals surface area contributed by atoms with E-state index in [1.54, 1.807) is 0 Å². The third-order valence-electron chi connectivity index (χ3n) is 1.97. The Balaban J connectivity index is 3.08. The largest absolute Gasteiger partial charge is 0.394 e. The summed E-state index contributed by atoms with van der Waals surface area (Å²) in [6.45, 7) is 2.64. The Kier molecular flexibility index (Phi) is 15.1. The van der Waals surface area contributed by atoms with E-state index in [1.165, 1.54) is 0 Å². The van der Waals surface area contributed by atoms with E-state index < -0.39 is 0 Å². The number of ether oxygens (including phenoxy) is 4. The minimum atomic E-state index is -0.285. The Morgan fingerprint density at radius 2 is 1.55 bits per heavy atom. The first-order chi connectivity index (χ1) is 9.81. The van der Waals surface area contributed by atoms with Crippen LogP contribution in [-0.4, -0.2) is 83.3 Å². The molecule has 0 rings (SSSR count). The van der Waals surface area contributed by atoms with Crippen molar-refractivity contribution in [1.29, 1.82) is 0 Å². The van der Waals surface area contributed by atoms with E-state index in [4.69, 9.17) is 24.1 Å². The second-order valence-electron chi connectivity index (χ2n) is 3.59. The van der Waals surface area contributed by atoms with Gasteiger partial charge in [-0.2, -0.15) is 0 Å². The Hall–Kier alpha value is -1.06. The highest BCUT2D eigenvalue weighted by atomic mass is 16.5. The predicted octanol–water partition coefficient (Wildman–Crippen LogP) is -1.64. The van der Waals surface area contributed by atoms with Gasteiger partial charge in [0.2, 0.25) is 5.91 Å². The number of rotatable bonds is 15. The zero-order chi connectivity index (χ0) is 14.9. The van der Waals surface area contributed by atoms with Crippen LogP contribution < -0.4 is 5.32 Å². The molecule has 8 nitrogen and oxygen atoms in total. The van der Waals surface area contributed by atoms with Crippen molar-refractivity contribution in [2.24, 2.45) is 0 Å². The fourth-order valence-corrected chi connectivity index (χ4v) is 1.12. The number of hydrogen-bond acceptors (Lipinski definition) is 7. The van der Waals surface area contributed by atoms with Crippen molar-refractivity contribution in [3.8, 4) is 0 Å². The molecule has 20 heavy (non-hydrogen) atoms. The summed E-state index contributed by atoms with van der Waals surface area (Å²) >= 11 is 0. The van der Waals surface area contributed by atoms with E-state index in [0.29, 0.717) is 52.5 Å². The zero-order valence-corrected chi connectivity index (χ0v) is 11.5. The van der Waals surface area contributed by atoms with Gasteiger partial charge in [0.25, 0.3) is 0 Å². The van der Waals surface area contributed by atoms with Crippen LogP contribution in [0, 0.1) is 0 Å². The number of aliphatic hydroxyl groups is 1. The highest BCUT2D eigenvalue weighted by Crippen LogP contribution is 1.81. The Bertz CT molecular complexity index is 238. The molecule has 0 saturated carbocycles. The van der Waals surface area contributed by atoms with Crippen LogP contribution in [-0.2, 0) is 28.5 Å². The Morgan fingerprint density at radius 3 is 2.15 bits per heavy atom. The zero-order valence-electron chi connectivity index (χ0n) is 11.5. The van der Waals surface area contributed by atoms with Gasteiger partial charge in [-0.15, -0.1) is 0 Å². The molecule has 8 heteroatoms. The van der Waals surface area contributed by atoms with Crippen LogP contribution in [0.15, 0.2) is 0 Å². The van der Waals surface area contributed by atoms with Gasteiger partial charge in [-0.05, 0) is 0 Å². The highest BCUT2D eigenvalue weighted by Gasteiger charge is 1.99. The van der Waals surface area contributed by atoms with Gasteiger partial charge in [0.05, 0.1) is 46.2 Å². The molecule has 118 valence electrons. The predicted molar refractivity (Wildman–Crippen MR) is 69.4 cm³/mol. The summed E-state index contributed by atoms with van der Waals surface area (Å²) in [6, 6.07) is 0. The Morgan fingerprint density at radius 1 is 0.950 bits per heavy atom. The van der Waals surface area contributed by atoms with E-state index in [0.717, 1.165) is 0 Å². The molecule has 0 aliphatic rings. The molecule has 0 heterocycles. The number of nitrogens with one attached hydrogen (secondary N) is 1. The number of aldehydes is 1. The van der Waals surface area contributed by atoms with Crippen molar-refractivity contribution in [3.63, 3.8) is 0 Å². The average molecular weight is 293 g/mol. The van der Waals surface area contributed by atoms with Crippen molar-refractivity contribution < 1.29 is 33.6 Å². The van der Waals surface area contributed by atoms with Crippen LogP contribution >= 0.6 is 0 Å². The Labute approximate surface area is 118 Å². The molecule has 0 spiro atoms. The summed E-state index contributed by atoms with van der Waals surface area (Å²) in [5.74, 6) is -0.285. The average Bonchev–Trinajstić information content (AvgIpc) is 2.45. The number of aliphatic hydroxyl groups excluding tert-OH is 1. The number of amides is 1. The van der Waals surface area contributed by atoms with Crippen molar-refractivity contribution in [3.05, 3.63) is 0 Å². The molecule has 0 saturated heterocycles. The molecule has 0 aromatic heterocycles. The smallest absolute Gasteiger partial charge is 0.246 e. The lowest BCUT2D eigenvalue weighted by molar-refractivity contribution is -0.127. The van der Waals surface area contributed by atoms with Gasteiger partial charge in [0.1, 0.15) is 19.5 Å². The summed E-state index contributed by atoms with van der Waals surface area (Å²) < 4.78 is 20.1. The number of hydrogen-bond donors (Lipinski definition) is 2. The highest BCUT2D eigenvalue weighted by molar-refractivity contribution is 5.77. The summed E-state index contributed by atoms with van der Waals surface area (Å²) in [5.41, 5.74) is 0. The van der Waals surface area contributed by atoms with Gasteiger partial charge in [0.15, 0.2) is 0 Å². The first-order valence-corrected chi connectivity index (χ1v) is 6.43. The van der Waals surface area contributed by atoms with Crippen LogP contribution in [0.2, 0.25) is 0 Å². The molecule has 0 fully saturated rings. The topological polar surface area (TPSA) is 103 Å². The van der Waals surface area contributed by atoms with E-state index in [-0.39, 0.29) is 25.7 Å². The summed E-state index contributed by atoms with van der Waals surface area (Å²) in [7, 11) is 0. The molecule has 0 bridgehead atoms. The third-order valence-corrected chi connectivity index (χ3v) is 1.97. The van der Waals surface area contributed by atoms with Crippen molar-refractivity contribution in [2.75, 3.05) is 66.0 Å². The van der Waals surface area contributed by atoms with E-state index in [9.17, 15) is 9.59 Å². The van der Waals surface area contributed by atoms with Gasteiger partial charge in [-0.25, -0.2) is 0 Å². The summed E-state index contributed by atoms with van der Waals surface area (Å²) in [5, 5.41) is 11.0. The summed E-state index contributed by atoms with van der Waals surface area (Å²) in [6.07, 6.45) is 0.589. The normalized spacial score (nSPS) is 10.4. The third kappa shape index (κ3) is 15.0. The standard InChI is InChI=1S/C12H23NO7/c14-2-5-18-8-10-19-9-7-17-4-1-13-12(16)11-20-6-3-15/h3,14H,1-2,4-11H2,(H,13,16). The number of carbonyl (C=O) groups excluding carboxylic acids is 2. The molecule has 0 aliphatic carbocycles. The van der Waals surface area contributed by atoms with Crippen molar-refractivity contribution >= 4 is 12.2 Å². The number of carbonyl (C=O) groups is 2. The SMILES string of the molecule is O=CCOCC(=O)NCCOCCOCCOCCO. The maximum absolute atomic E-state index is 11.1. The minimum absolute atomic E-state index is 0.00894. The fourth-order valence-electron chi connectivity index (χ4n) is 1.12. The van der Waals surface area contributed by atoms with Crippen LogP contribution in [0.5, 0.6) is 0 Å². The minimum Gasteiger partial charge on any atom is -0.394 e. The monoisotopic (exact) mass is 293 g/mol. The molecule has 1 amide bonds. The van der Waals surface area contributed by atoms with Crippen molar-refractivity contribution in [2.45, 2.75) is 0 Å². The molecular formula is C12H23NO7. The lowest BCUT2D eigenvalue weighted by Crippen LogP contribution is -2.31. The summed E-state index contributed by atoms with van der Waals surface area (Å²) in [4.78, 5) is 21.1. The lowest BCUT2D eigenvalue weighted by atomic mass is 10.6. The van der Waals surface area contributed by atoms with Crippen molar-refractivity contribution in [1.82, 2.24) is 5.32 Å². The maximum atomic E-state index is 11.1. The molecule has 0 unspecified atom stereocenters. The first-order valence-electron chi connectivity index (χ1n) is 6.43. The van der Waals surface area contributed by atoms with Crippen LogP contribution in [0.4, 0.5) is 0 Å². The second-order valence-corrected chi connectivity index (χ2v) is 3.59. The molecule has 0 aromatic rings. The van der Waals surface area contributed by atoms with E-state index in [1.807, 2.05) is 0 Å². The fraction of sp³-hybridized carbons (Fsp3) is 0.833. The van der Waals surface area contributed by atoms with Gasteiger partial charge >= 0.3 is 0 Å². The maximum Gasteiger partial charge on any atom is 0.246 e. The van der Waals surface area contributed by atoms with Gasteiger partial charge in [-0.3, -0.25) is 4.79 Å². The quantitative estimate of drug-likeness (QED) is 0.276. The first kappa shape index (κ1) is 18.9. The van der Waals surface area contributed by atoms with Gasteiger partial charge < -0.3 is 34.2 Å². The molecular weight excluding hydrogens is 270 g/mol. The second kappa shape index (κ2) is 16.0. The van der Waals surface area contributed by atoms with Crippen LogP contribution in [0.25, 0.3) is 0 Å². The molecule has 0 atom stereocenters. The van der Waals surface area contributed by atoms with E-state index >= 15 is 0 Å².